The Bertz CT molecular complexity index is 849. The highest BCUT2D eigenvalue weighted by Crippen LogP contribution is 2.20. The van der Waals surface area contributed by atoms with Gasteiger partial charge in [0.2, 0.25) is 0 Å². The number of hydrogen-bond donors (Lipinski definition) is 0. The smallest absolute Gasteiger partial charge is 0.339 e. The van der Waals surface area contributed by atoms with Gasteiger partial charge in [-0.15, -0.1) is 0 Å². The minimum Gasteiger partial charge on any atom is -0.486 e. The van der Waals surface area contributed by atoms with E-state index in [-0.39, 0.29) is 12.0 Å². The number of nitrogens with zero attached hydrogens (tertiary/aromatic N) is 1. The summed E-state index contributed by atoms with van der Waals surface area (Å²) in [5, 5.41) is 0. The van der Waals surface area contributed by atoms with Crippen LogP contribution in [-0.2, 0) is 4.74 Å². The molecular weight excluding hydrogens is 326 g/mol. The van der Waals surface area contributed by atoms with Crippen molar-refractivity contribution in [3.8, 4) is 5.75 Å². The molecule has 0 unspecified atom stereocenters. The van der Waals surface area contributed by atoms with E-state index in [4.69, 9.17) is 9.15 Å². The van der Waals surface area contributed by atoms with Crippen LogP contribution < -0.4 is 10.4 Å². The van der Waals surface area contributed by atoms with Crippen molar-refractivity contribution in [1.82, 2.24) is 4.90 Å². The molecule has 1 aliphatic heterocycles. The van der Waals surface area contributed by atoms with E-state index in [0.29, 0.717) is 35.7 Å². The molecule has 0 bridgehead atoms. The fraction of sp³-hybridized carbons (Fsp3) is 0.278. The minimum atomic E-state index is -0.465. The topological polar surface area (TPSA) is 86.1 Å². The van der Waals surface area contributed by atoms with Crippen LogP contribution in [0.3, 0.4) is 0 Å². The van der Waals surface area contributed by atoms with Gasteiger partial charge in [0.15, 0.2) is 0 Å². The lowest BCUT2D eigenvalue weighted by Crippen LogP contribution is -2.56. The van der Waals surface area contributed by atoms with Gasteiger partial charge >= 0.3 is 11.6 Å². The van der Waals surface area contributed by atoms with Gasteiger partial charge in [-0.05, 0) is 31.2 Å². The molecule has 0 aliphatic carbocycles. The van der Waals surface area contributed by atoms with E-state index in [2.05, 4.69) is 4.74 Å². The zero-order valence-corrected chi connectivity index (χ0v) is 13.9. The molecule has 1 amide bonds. The van der Waals surface area contributed by atoms with Crippen LogP contribution in [0, 0.1) is 6.92 Å². The summed E-state index contributed by atoms with van der Waals surface area (Å²) in [6.45, 7) is 2.52. The second-order valence-electron chi connectivity index (χ2n) is 5.74. The van der Waals surface area contributed by atoms with Crippen molar-refractivity contribution in [3.63, 3.8) is 0 Å². The summed E-state index contributed by atoms with van der Waals surface area (Å²) in [5.41, 5.74) is 0.414. The maximum absolute atomic E-state index is 12.4. The summed E-state index contributed by atoms with van der Waals surface area (Å²) in [4.78, 5) is 36.7. The van der Waals surface area contributed by atoms with E-state index in [0.717, 1.165) is 0 Å². The van der Waals surface area contributed by atoms with Crippen LogP contribution in [0.15, 0.2) is 45.6 Å². The Kier molecular flexibility index (Phi) is 4.56. The molecule has 25 heavy (non-hydrogen) atoms. The Morgan fingerprint density at radius 1 is 1.12 bits per heavy atom. The summed E-state index contributed by atoms with van der Waals surface area (Å²) in [5.74, 6) is 0.327. The third-order valence-corrected chi connectivity index (χ3v) is 3.86. The second-order valence-corrected chi connectivity index (χ2v) is 5.74. The average molecular weight is 343 g/mol. The van der Waals surface area contributed by atoms with Gasteiger partial charge in [-0.3, -0.25) is 4.79 Å². The summed E-state index contributed by atoms with van der Waals surface area (Å²) in [7, 11) is 1.31. The highest BCUT2D eigenvalue weighted by atomic mass is 16.5. The molecule has 1 aromatic carbocycles. The van der Waals surface area contributed by atoms with Crippen molar-refractivity contribution >= 4 is 11.9 Å². The Labute approximate surface area is 143 Å². The molecule has 130 valence electrons. The molecule has 0 N–H and O–H groups in total. The predicted molar refractivity (Wildman–Crippen MR) is 87.8 cm³/mol. The lowest BCUT2D eigenvalue weighted by Gasteiger charge is -2.39. The molecule has 1 aromatic heterocycles. The van der Waals surface area contributed by atoms with Gasteiger partial charge in [-0.25, -0.2) is 9.59 Å². The number of carbonyl (C=O) groups excluding carboxylic acids is 2. The number of benzene rings is 1. The standard InChI is InChI=1S/C18H17NO6/c1-11-7-14(8-16(20)24-11)25-15-9-19(10-15)17(21)12-3-5-13(6-4-12)18(22)23-2/h3-8,15H,9-10H2,1-2H3. The van der Waals surface area contributed by atoms with Crippen LogP contribution in [0.1, 0.15) is 26.5 Å². The van der Waals surface area contributed by atoms with Gasteiger partial charge in [0.05, 0.1) is 31.8 Å². The van der Waals surface area contributed by atoms with Crippen LogP contribution in [0.4, 0.5) is 0 Å². The van der Waals surface area contributed by atoms with Crippen molar-refractivity contribution < 1.29 is 23.5 Å². The first kappa shape index (κ1) is 16.8. The number of likely N-dealkylation sites (tertiary alicyclic amines) is 1. The first-order valence-corrected chi connectivity index (χ1v) is 7.72. The van der Waals surface area contributed by atoms with Crippen LogP contribution in [0.2, 0.25) is 0 Å². The molecule has 1 aliphatic rings. The predicted octanol–water partition coefficient (Wildman–Crippen LogP) is 1.64. The van der Waals surface area contributed by atoms with E-state index in [1.165, 1.54) is 13.2 Å². The molecule has 7 nitrogen and oxygen atoms in total. The Morgan fingerprint density at radius 3 is 2.36 bits per heavy atom. The average Bonchev–Trinajstić information content (AvgIpc) is 2.55. The first-order valence-electron chi connectivity index (χ1n) is 7.72. The Balaban J connectivity index is 1.57. The maximum Gasteiger partial charge on any atom is 0.339 e. The molecule has 0 radical (unpaired) electrons. The summed E-state index contributed by atoms with van der Waals surface area (Å²) >= 11 is 0. The fourth-order valence-electron chi connectivity index (χ4n) is 2.56. The van der Waals surface area contributed by atoms with Crippen molar-refractivity contribution in [1.29, 1.82) is 0 Å². The largest absolute Gasteiger partial charge is 0.486 e. The number of methoxy groups -OCH3 is 1. The van der Waals surface area contributed by atoms with Crippen molar-refractivity contribution in [2.45, 2.75) is 13.0 Å². The molecule has 2 heterocycles. The Hall–Kier alpha value is -3.09. The highest BCUT2D eigenvalue weighted by molar-refractivity contribution is 5.96. The number of ether oxygens (including phenoxy) is 2. The van der Waals surface area contributed by atoms with Gasteiger partial charge in [-0.1, -0.05) is 0 Å². The summed E-state index contributed by atoms with van der Waals surface area (Å²) < 4.78 is 15.2. The number of aryl methyl sites for hydroxylation is 1. The van der Waals surface area contributed by atoms with Gasteiger partial charge in [0, 0.05) is 11.6 Å². The molecular formula is C18H17NO6. The van der Waals surface area contributed by atoms with E-state index in [1.807, 2.05) is 0 Å². The van der Waals surface area contributed by atoms with Crippen LogP contribution >= 0.6 is 0 Å². The normalized spacial score (nSPS) is 13.9. The van der Waals surface area contributed by atoms with E-state index < -0.39 is 11.6 Å². The molecule has 3 rings (SSSR count). The van der Waals surface area contributed by atoms with Gasteiger partial charge in [0.1, 0.15) is 17.6 Å². The monoisotopic (exact) mass is 343 g/mol. The Morgan fingerprint density at radius 2 is 1.76 bits per heavy atom. The lowest BCUT2D eigenvalue weighted by molar-refractivity contribution is 0.0175. The summed E-state index contributed by atoms with van der Waals surface area (Å²) in [6, 6.07) is 9.21. The van der Waals surface area contributed by atoms with Gasteiger partial charge in [-0.2, -0.15) is 0 Å². The van der Waals surface area contributed by atoms with E-state index >= 15 is 0 Å². The van der Waals surface area contributed by atoms with Crippen LogP contribution in [-0.4, -0.2) is 43.1 Å². The van der Waals surface area contributed by atoms with Crippen molar-refractivity contribution in [3.05, 3.63) is 63.7 Å². The third-order valence-electron chi connectivity index (χ3n) is 3.86. The van der Waals surface area contributed by atoms with Crippen LogP contribution in [0.5, 0.6) is 5.75 Å². The van der Waals surface area contributed by atoms with E-state index in [9.17, 15) is 14.4 Å². The number of rotatable bonds is 4. The highest BCUT2D eigenvalue weighted by Gasteiger charge is 2.33. The second kappa shape index (κ2) is 6.80. The molecule has 0 spiro atoms. The maximum atomic E-state index is 12.4. The van der Waals surface area contributed by atoms with Crippen LogP contribution in [0.25, 0.3) is 0 Å². The number of esters is 1. The molecule has 7 heteroatoms. The summed E-state index contributed by atoms with van der Waals surface area (Å²) in [6.07, 6.45) is -0.167. The quantitative estimate of drug-likeness (QED) is 0.785. The molecule has 0 saturated carbocycles. The van der Waals surface area contributed by atoms with Crippen molar-refractivity contribution in [2.24, 2.45) is 0 Å². The van der Waals surface area contributed by atoms with Gasteiger partial charge in [0.25, 0.3) is 5.91 Å². The minimum absolute atomic E-state index is 0.139. The third kappa shape index (κ3) is 3.71. The fourth-order valence-corrected chi connectivity index (χ4v) is 2.56. The van der Waals surface area contributed by atoms with Gasteiger partial charge < -0.3 is 18.8 Å². The number of carbonyl (C=O) groups is 2. The SMILES string of the molecule is COC(=O)c1ccc(C(=O)N2CC(Oc3cc(C)oc(=O)c3)C2)cc1. The van der Waals surface area contributed by atoms with Crippen molar-refractivity contribution in [2.75, 3.05) is 20.2 Å². The molecule has 1 saturated heterocycles. The molecule has 1 fully saturated rings. The zero-order chi connectivity index (χ0) is 18.0. The van der Waals surface area contributed by atoms with E-state index in [1.54, 1.807) is 42.2 Å². The first-order chi connectivity index (χ1) is 12.0. The molecule has 0 atom stereocenters. The molecule has 2 aromatic rings. The zero-order valence-electron chi connectivity index (χ0n) is 13.9. The number of amides is 1. The number of hydrogen-bond acceptors (Lipinski definition) is 6. The lowest BCUT2D eigenvalue weighted by atomic mass is 10.1.